The fourth-order valence-electron chi connectivity index (χ4n) is 1.01. The largest absolute Gasteiger partial charge is 0.301 e. The van der Waals surface area contributed by atoms with E-state index in [0.717, 1.165) is 5.69 Å². The lowest BCUT2D eigenvalue weighted by atomic mass is 10.3. The van der Waals surface area contributed by atoms with Crippen LogP contribution in [0.15, 0.2) is 9.27 Å². The molecule has 3 nitrogen and oxygen atoms in total. The maximum atomic E-state index is 10.8. The van der Waals surface area contributed by atoms with Crippen molar-refractivity contribution >= 4 is 15.9 Å². The van der Waals surface area contributed by atoms with Gasteiger partial charge in [0.05, 0.1) is 5.69 Å². The zero-order valence-corrected chi connectivity index (χ0v) is 6.86. The highest BCUT2D eigenvalue weighted by Gasteiger charge is 2.27. The van der Waals surface area contributed by atoms with Gasteiger partial charge in [-0.25, -0.2) is 0 Å². The molecule has 0 spiro atoms. The third kappa shape index (κ3) is 0.831. The predicted molar refractivity (Wildman–Crippen MR) is 41.1 cm³/mol. The molecule has 2 N–H and O–H groups in total. The minimum atomic E-state index is -0.0538. The van der Waals surface area contributed by atoms with E-state index in [1.165, 1.54) is 12.8 Å². The number of H-pyrrole nitrogens is 2. The van der Waals surface area contributed by atoms with Gasteiger partial charge in [0.2, 0.25) is 0 Å². The number of rotatable bonds is 1. The molecule has 0 bridgehead atoms. The van der Waals surface area contributed by atoms with E-state index in [1.807, 2.05) is 0 Å². The van der Waals surface area contributed by atoms with Crippen molar-refractivity contribution in [3.05, 3.63) is 20.5 Å². The topological polar surface area (TPSA) is 48.6 Å². The number of aromatic nitrogens is 2. The van der Waals surface area contributed by atoms with E-state index in [9.17, 15) is 4.79 Å². The van der Waals surface area contributed by atoms with Crippen LogP contribution in [0.2, 0.25) is 0 Å². The van der Waals surface area contributed by atoms with E-state index in [2.05, 4.69) is 26.1 Å². The number of hydrogen-bond donors (Lipinski definition) is 2. The molecule has 1 saturated carbocycles. The molecular weight excluding hydrogens is 196 g/mol. The Labute approximate surface area is 65.9 Å². The predicted octanol–water partition coefficient (Wildman–Crippen LogP) is 1.34. The quantitative estimate of drug-likeness (QED) is 0.710. The normalized spacial score (nSPS) is 17.7. The van der Waals surface area contributed by atoms with Crippen molar-refractivity contribution in [1.82, 2.24) is 10.2 Å². The molecule has 1 aliphatic carbocycles. The van der Waals surface area contributed by atoms with Crippen molar-refractivity contribution in [2.75, 3.05) is 0 Å². The van der Waals surface area contributed by atoms with Crippen LogP contribution in [0, 0.1) is 0 Å². The lowest BCUT2D eigenvalue weighted by Gasteiger charge is -1.87. The monoisotopic (exact) mass is 202 g/mol. The van der Waals surface area contributed by atoms with Gasteiger partial charge in [-0.1, -0.05) is 0 Å². The van der Waals surface area contributed by atoms with Gasteiger partial charge >= 0.3 is 0 Å². The van der Waals surface area contributed by atoms with Crippen LogP contribution in [-0.4, -0.2) is 10.2 Å². The average Bonchev–Trinajstić information content (AvgIpc) is 2.67. The molecule has 0 atom stereocenters. The standard InChI is InChI=1S/C6H7BrN2O/c7-4-5(3-1-2-3)8-9-6(4)10/h3H,1-2H2,(H2,8,9,10). The van der Waals surface area contributed by atoms with Crippen molar-refractivity contribution in [2.45, 2.75) is 18.8 Å². The molecule has 1 heterocycles. The summed E-state index contributed by atoms with van der Waals surface area (Å²) in [5, 5.41) is 5.38. The second-order valence-electron chi connectivity index (χ2n) is 2.58. The molecule has 4 heteroatoms. The Morgan fingerprint density at radius 3 is 2.50 bits per heavy atom. The lowest BCUT2D eigenvalue weighted by Crippen LogP contribution is -1.97. The smallest absolute Gasteiger partial charge is 0.278 e. The maximum absolute atomic E-state index is 10.8. The first-order valence-corrected chi connectivity index (χ1v) is 4.04. The molecule has 0 unspecified atom stereocenters. The summed E-state index contributed by atoms with van der Waals surface area (Å²) < 4.78 is 0.676. The first-order chi connectivity index (χ1) is 4.79. The second-order valence-corrected chi connectivity index (χ2v) is 3.37. The van der Waals surface area contributed by atoms with Gasteiger partial charge < -0.3 is 5.10 Å². The van der Waals surface area contributed by atoms with Gasteiger partial charge in [-0.3, -0.25) is 9.89 Å². The van der Waals surface area contributed by atoms with Crippen LogP contribution in [0.25, 0.3) is 0 Å². The molecule has 1 aromatic heterocycles. The zero-order valence-electron chi connectivity index (χ0n) is 5.28. The van der Waals surface area contributed by atoms with E-state index >= 15 is 0 Å². The van der Waals surface area contributed by atoms with Gasteiger partial charge in [0.1, 0.15) is 4.47 Å². The van der Waals surface area contributed by atoms with Crippen molar-refractivity contribution < 1.29 is 0 Å². The highest BCUT2D eigenvalue weighted by atomic mass is 79.9. The Morgan fingerprint density at radius 2 is 2.10 bits per heavy atom. The summed E-state index contributed by atoms with van der Waals surface area (Å²) in [6, 6.07) is 0. The summed E-state index contributed by atoms with van der Waals surface area (Å²) in [7, 11) is 0. The van der Waals surface area contributed by atoms with Crippen molar-refractivity contribution in [3.8, 4) is 0 Å². The summed E-state index contributed by atoms with van der Waals surface area (Å²) in [5.41, 5.74) is 0.979. The molecular formula is C6H7BrN2O. The fraction of sp³-hybridized carbons (Fsp3) is 0.500. The first-order valence-electron chi connectivity index (χ1n) is 3.25. The van der Waals surface area contributed by atoms with Crippen LogP contribution < -0.4 is 5.56 Å². The Kier molecular flexibility index (Phi) is 1.23. The molecule has 0 saturated heterocycles. The Hall–Kier alpha value is -0.510. The first kappa shape index (κ1) is 6.22. The van der Waals surface area contributed by atoms with Crippen LogP contribution in [-0.2, 0) is 0 Å². The van der Waals surface area contributed by atoms with Gasteiger partial charge in [0.15, 0.2) is 0 Å². The third-order valence-corrected chi connectivity index (χ3v) is 2.52. The van der Waals surface area contributed by atoms with Crippen LogP contribution in [0.3, 0.4) is 0 Å². The van der Waals surface area contributed by atoms with Gasteiger partial charge in [0, 0.05) is 5.92 Å². The maximum Gasteiger partial charge on any atom is 0.278 e. The molecule has 2 rings (SSSR count). The average molecular weight is 203 g/mol. The lowest BCUT2D eigenvalue weighted by molar-refractivity contribution is 0.954. The summed E-state index contributed by atoms with van der Waals surface area (Å²) in [6.07, 6.45) is 2.40. The van der Waals surface area contributed by atoms with E-state index in [1.54, 1.807) is 0 Å². The number of aromatic amines is 2. The molecule has 54 valence electrons. The SMILES string of the molecule is O=c1[nH][nH]c(C2CC2)c1Br. The van der Waals surface area contributed by atoms with E-state index in [-0.39, 0.29) is 5.56 Å². The van der Waals surface area contributed by atoms with Crippen molar-refractivity contribution in [2.24, 2.45) is 0 Å². The second kappa shape index (κ2) is 1.99. The van der Waals surface area contributed by atoms with Gasteiger partial charge in [-0.15, -0.1) is 0 Å². The number of halogens is 1. The minimum absolute atomic E-state index is 0.0538. The van der Waals surface area contributed by atoms with E-state index in [0.29, 0.717) is 10.4 Å². The molecule has 1 aliphatic rings. The molecule has 0 radical (unpaired) electrons. The molecule has 0 amide bonds. The third-order valence-electron chi connectivity index (χ3n) is 1.73. The summed E-state index contributed by atoms with van der Waals surface area (Å²) >= 11 is 3.22. The molecule has 0 aliphatic heterocycles. The van der Waals surface area contributed by atoms with Crippen LogP contribution >= 0.6 is 15.9 Å². The van der Waals surface area contributed by atoms with Crippen LogP contribution in [0.5, 0.6) is 0 Å². The molecule has 1 aromatic rings. The zero-order chi connectivity index (χ0) is 7.14. The van der Waals surface area contributed by atoms with Gasteiger partial charge in [-0.05, 0) is 28.8 Å². The van der Waals surface area contributed by atoms with Gasteiger partial charge in [-0.2, -0.15) is 0 Å². The van der Waals surface area contributed by atoms with Gasteiger partial charge in [0.25, 0.3) is 5.56 Å². The highest BCUT2D eigenvalue weighted by Crippen LogP contribution is 2.40. The molecule has 10 heavy (non-hydrogen) atoms. The summed E-state index contributed by atoms with van der Waals surface area (Å²) in [5.74, 6) is 0.591. The van der Waals surface area contributed by atoms with Crippen molar-refractivity contribution in [1.29, 1.82) is 0 Å². The molecule has 0 aromatic carbocycles. The fourth-order valence-corrected chi connectivity index (χ4v) is 1.53. The Balaban J connectivity index is 2.49. The Morgan fingerprint density at radius 1 is 1.40 bits per heavy atom. The summed E-state index contributed by atoms with van der Waals surface area (Å²) in [6.45, 7) is 0. The molecule has 1 fully saturated rings. The number of nitrogens with one attached hydrogen (secondary N) is 2. The van der Waals surface area contributed by atoms with Crippen LogP contribution in [0.1, 0.15) is 24.5 Å². The minimum Gasteiger partial charge on any atom is -0.301 e. The highest BCUT2D eigenvalue weighted by molar-refractivity contribution is 9.10. The van der Waals surface area contributed by atoms with E-state index in [4.69, 9.17) is 0 Å². The summed E-state index contributed by atoms with van der Waals surface area (Å²) in [4.78, 5) is 10.8. The number of hydrogen-bond acceptors (Lipinski definition) is 1. The van der Waals surface area contributed by atoms with Crippen LogP contribution in [0.4, 0.5) is 0 Å². The van der Waals surface area contributed by atoms with E-state index < -0.39 is 0 Å². The Bertz CT molecular complexity index is 297. The van der Waals surface area contributed by atoms with Crippen molar-refractivity contribution in [3.63, 3.8) is 0 Å².